The van der Waals surface area contributed by atoms with Crippen molar-refractivity contribution < 1.29 is 22.9 Å². The van der Waals surface area contributed by atoms with Gasteiger partial charge in [0, 0.05) is 31.5 Å². The summed E-state index contributed by atoms with van der Waals surface area (Å²) in [4.78, 5) is 26.8. The Morgan fingerprint density at radius 1 is 1.21 bits per heavy atom. The molecular formula is C18H19N3O6S. The molecule has 10 heteroatoms. The lowest BCUT2D eigenvalue weighted by molar-refractivity contribution is -0.385. The number of para-hydroxylation sites is 1. The number of esters is 1. The van der Waals surface area contributed by atoms with Gasteiger partial charge >= 0.3 is 5.97 Å². The molecule has 2 aromatic rings. The molecular weight excluding hydrogens is 386 g/mol. The van der Waals surface area contributed by atoms with Crippen LogP contribution < -0.4 is 0 Å². The summed E-state index contributed by atoms with van der Waals surface area (Å²) >= 11 is 0. The van der Waals surface area contributed by atoms with Crippen molar-refractivity contribution in [3.63, 3.8) is 0 Å². The fourth-order valence-electron chi connectivity index (χ4n) is 3.06. The van der Waals surface area contributed by atoms with Crippen molar-refractivity contribution in [2.75, 3.05) is 13.1 Å². The number of pyridine rings is 1. The van der Waals surface area contributed by atoms with Gasteiger partial charge < -0.3 is 4.74 Å². The summed E-state index contributed by atoms with van der Waals surface area (Å²) in [6.07, 6.45) is 3.45. The Hall–Kier alpha value is -2.85. The minimum Gasteiger partial charge on any atom is -0.460 e. The van der Waals surface area contributed by atoms with E-state index in [4.69, 9.17) is 4.74 Å². The van der Waals surface area contributed by atoms with Crippen molar-refractivity contribution in [2.24, 2.45) is 5.92 Å². The molecule has 1 aliphatic rings. The monoisotopic (exact) mass is 405 g/mol. The highest BCUT2D eigenvalue weighted by Crippen LogP contribution is 2.25. The number of hydrogen-bond donors (Lipinski definition) is 0. The van der Waals surface area contributed by atoms with Crippen LogP contribution in [0.5, 0.6) is 0 Å². The first-order valence-electron chi connectivity index (χ1n) is 8.68. The Bertz CT molecular complexity index is 956. The fourth-order valence-corrected chi connectivity index (χ4v) is 4.49. The highest BCUT2D eigenvalue weighted by Gasteiger charge is 2.33. The molecule has 1 aromatic carbocycles. The van der Waals surface area contributed by atoms with Gasteiger partial charge in [0.25, 0.3) is 5.69 Å². The molecule has 1 fully saturated rings. The van der Waals surface area contributed by atoms with E-state index < -0.39 is 26.8 Å². The number of benzene rings is 1. The van der Waals surface area contributed by atoms with Crippen molar-refractivity contribution in [1.29, 1.82) is 0 Å². The van der Waals surface area contributed by atoms with Gasteiger partial charge in [-0.3, -0.25) is 19.9 Å². The Balaban J connectivity index is 1.57. The van der Waals surface area contributed by atoms with Gasteiger partial charge in [-0.2, -0.15) is 4.31 Å². The number of nitro benzene ring substituents is 1. The fraction of sp³-hybridized carbons (Fsp3) is 0.333. The van der Waals surface area contributed by atoms with E-state index in [0.717, 1.165) is 0 Å². The Kier molecular flexibility index (Phi) is 6.00. The first kappa shape index (κ1) is 19.9. The molecule has 0 radical (unpaired) electrons. The number of piperidine rings is 1. The van der Waals surface area contributed by atoms with Crippen LogP contribution in [0.3, 0.4) is 0 Å². The van der Waals surface area contributed by atoms with Crippen LogP contribution >= 0.6 is 0 Å². The number of sulfonamides is 1. The van der Waals surface area contributed by atoms with Gasteiger partial charge in [0.2, 0.25) is 10.0 Å². The zero-order valence-corrected chi connectivity index (χ0v) is 15.7. The van der Waals surface area contributed by atoms with E-state index >= 15 is 0 Å². The summed E-state index contributed by atoms with van der Waals surface area (Å²) in [5.74, 6) is -0.917. The van der Waals surface area contributed by atoms with E-state index in [1.807, 2.05) is 0 Å². The molecule has 0 spiro atoms. The van der Waals surface area contributed by atoms with Gasteiger partial charge in [0.15, 0.2) is 0 Å². The van der Waals surface area contributed by atoms with Crippen molar-refractivity contribution in [2.45, 2.75) is 24.3 Å². The van der Waals surface area contributed by atoms with Gasteiger partial charge in [-0.15, -0.1) is 0 Å². The summed E-state index contributed by atoms with van der Waals surface area (Å²) in [7, 11) is -3.64. The topological polar surface area (TPSA) is 120 Å². The van der Waals surface area contributed by atoms with Gasteiger partial charge in [0.05, 0.1) is 16.4 Å². The predicted octanol–water partition coefficient (Wildman–Crippen LogP) is 2.13. The van der Waals surface area contributed by atoms with Crippen LogP contribution in [0.4, 0.5) is 5.69 Å². The molecule has 0 saturated carbocycles. The number of aromatic nitrogens is 1. The molecule has 28 heavy (non-hydrogen) atoms. The lowest BCUT2D eigenvalue weighted by Gasteiger charge is -2.30. The van der Waals surface area contributed by atoms with Gasteiger partial charge in [-0.25, -0.2) is 8.42 Å². The van der Waals surface area contributed by atoms with E-state index in [1.165, 1.54) is 34.9 Å². The van der Waals surface area contributed by atoms with Crippen LogP contribution in [0.15, 0.2) is 53.7 Å². The average Bonchev–Trinajstić information content (AvgIpc) is 2.73. The Morgan fingerprint density at radius 3 is 2.57 bits per heavy atom. The number of nitro groups is 1. The average molecular weight is 405 g/mol. The summed E-state index contributed by atoms with van der Waals surface area (Å²) in [5.41, 5.74) is 0.213. The van der Waals surface area contributed by atoms with Crippen LogP contribution in [-0.2, 0) is 26.2 Å². The van der Waals surface area contributed by atoms with E-state index in [1.54, 1.807) is 18.2 Å². The maximum atomic E-state index is 12.6. The highest BCUT2D eigenvalue weighted by atomic mass is 32.2. The van der Waals surface area contributed by atoms with Gasteiger partial charge in [-0.05, 0) is 31.0 Å². The highest BCUT2D eigenvalue weighted by molar-refractivity contribution is 7.89. The third-order valence-corrected chi connectivity index (χ3v) is 6.50. The molecule has 0 unspecified atom stereocenters. The molecule has 0 N–H and O–H groups in total. The molecule has 9 nitrogen and oxygen atoms in total. The molecule has 1 aliphatic heterocycles. The van der Waals surface area contributed by atoms with Crippen molar-refractivity contribution >= 4 is 21.7 Å². The molecule has 0 bridgehead atoms. The minimum absolute atomic E-state index is 0.104. The first-order valence-corrected chi connectivity index (χ1v) is 10.1. The second-order valence-electron chi connectivity index (χ2n) is 6.36. The molecule has 3 rings (SSSR count). The van der Waals surface area contributed by atoms with Gasteiger partial charge in [0.1, 0.15) is 11.5 Å². The number of rotatable bonds is 6. The maximum absolute atomic E-state index is 12.6. The summed E-state index contributed by atoms with van der Waals surface area (Å²) in [5, 5.41) is 11.0. The minimum atomic E-state index is -3.64. The Labute approximate surface area is 162 Å². The van der Waals surface area contributed by atoms with Crippen LogP contribution in [0.2, 0.25) is 0 Å². The molecule has 2 heterocycles. The Morgan fingerprint density at radius 2 is 1.93 bits per heavy atom. The van der Waals surface area contributed by atoms with Crippen molar-refractivity contribution in [3.8, 4) is 0 Å². The SMILES string of the molecule is O=C(OCc1ccccc1[N+](=O)[O-])C1CCN(S(=O)(=O)c2cccnc2)CC1. The molecule has 148 valence electrons. The number of nitrogens with zero attached hydrogens (tertiary/aromatic N) is 3. The third kappa shape index (κ3) is 4.34. The predicted molar refractivity (Wildman–Crippen MR) is 98.6 cm³/mol. The lowest BCUT2D eigenvalue weighted by Crippen LogP contribution is -2.40. The first-order chi connectivity index (χ1) is 13.4. The quantitative estimate of drug-likeness (QED) is 0.410. The van der Waals surface area contributed by atoms with E-state index in [9.17, 15) is 23.3 Å². The normalized spacial score (nSPS) is 15.9. The number of carbonyl (C=O) groups is 1. The van der Waals surface area contributed by atoms with Crippen molar-refractivity contribution in [3.05, 3.63) is 64.5 Å². The van der Waals surface area contributed by atoms with E-state index in [2.05, 4.69) is 4.98 Å². The molecule has 1 saturated heterocycles. The van der Waals surface area contributed by atoms with Crippen LogP contribution in [0, 0.1) is 16.0 Å². The number of carbonyl (C=O) groups excluding carboxylic acids is 1. The summed E-state index contributed by atoms with van der Waals surface area (Å²) in [6.45, 7) is 0.204. The van der Waals surface area contributed by atoms with Crippen LogP contribution in [0.1, 0.15) is 18.4 Å². The molecule has 0 atom stereocenters. The lowest BCUT2D eigenvalue weighted by atomic mass is 9.98. The smallest absolute Gasteiger partial charge is 0.309 e. The van der Waals surface area contributed by atoms with E-state index in [0.29, 0.717) is 18.4 Å². The van der Waals surface area contributed by atoms with E-state index in [-0.39, 0.29) is 30.3 Å². The third-order valence-electron chi connectivity index (χ3n) is 4.62. The van der Waals surface area contributed by atoms with Crippen molar-refractivity contribution in [1.82, 2.24) is 9.29 Å². The van der Waals surface area contributed by atoms with Crippen LogP contribution in [0.25, 0.3) is 0 Å². The molecule has 0 amide bonds. The van der Waals surface area contributed by atoms with Gasteiger partial charge in [-0.1, -0.05) is 12.1 Å². The summed E-state index contributed by atoms with van der Waals surface area (Å²) in [6, 6.07) is 9.11. The zero-order valence-electron chi connectivity index (χ0n) is 14.9. The summed E-state index contributed by atoms with van der Waals surface area (Å²) < 4.78 is 31.7. The zero-order chi connectivity index (χ0) is 20.1. The van der Waals surface area contributed by atoms with Crippen LogP contribution in [-0.4, -0.2) is 41.7 Å². The standard InChI is InChI=1S/C18H19N3O6S/c22-18(27-13-15-4-1-2-6-17(15)21(23)24)14-7-10-20(11-8-14)28(25,26)16-5-3-9-19-12-16/h1-6,9,12,14H,7-8,10-11,13H2. The largest absolute Gasteiger partial charge is 0.460 e. The second kappa shape index (κ2) is 8.44. The number of hydrogen-bond acceptors (Lipinski definition) is 7. The molecule has 0 aliphatic carbocycles. The number of ether oxygens (including phenoxy) is 1. The maximum Gasteiger partial charge on any atom is 0.309 e. The second-order valence-corrected chi connectivity index (χ2v) is 8.30. The molecule has 1 aromatic heterocycles.